The summed E-state index contributed by atoms with van der Waals surface area (Å²) in [5.41, 5.74) is 1.49. The van der Waals surface area contributed by atoms with Crippen LogP contribution in [0.4, 0.5) is 5.69 Å². The Hall–Kier alpha value is -2.71. The van der Waals surface area contributed by atoms with Gasteiger partial charge in [0.2, 0.25) is 23.5 Å². The van der Waals surface area contributed by atoms with E-state index in [1.54, 1.807) is 37.3 Å². The summed E-state index contributed by atoms with van der Waals surface area (Å²) in [4.78, 5) is 30.0. The zero-order valence-corrected chi connectivity index (χ0v) is 16.3. The molecule has 0 radical (unpaired) electrons. The Morgan fingerprint density at radius 3 is 2.59 bits per heavy atom. The Labute approximate surface area is 164 Å². The van der Waals surface area contributed by atoms with Gasteiger partial charge in [0.05, 0.1) is 23.5 Å². The smallest absolute Gasteiger partial charge is 0.243 e. The van der Waals surface area contributed by atoms with Crippen molar-refractivity contribution in [1.82, 2.24) is 15.5 Å². The molecule has 2 amide bonds. The lowest BCUT2D eigenvalue weighted by Gasteiger charge is -2.07. The molecule has 2 aromatic heterocycles. The number of thiophene rings is 1. The molecule has 0 saturated carbocycles. The van der Waals surface area contributed by atoms with E-state index < -0.39 is 0 Å². The molecule has 0 spiro atoms. The molecule has 0 fully saturated rings. The predicted molar refractivity (Wildman–Crippen MR) is 104 cm³/mol. The topological polar surface area (TPSA) is 97.1 Å². The summed E-state index contributed by atoms with van der Waals surface area (Å²) in [6.07, 6.45) is 0.184. The molecule has 3 aromatic rings. The van der Waals surface area contributed by atoms with Gasteiger partial charge in [-0.2, -0.15) is 4.98 Å². The van der Waals surface area contributed by atoms with E-state index in [4.69, 9.17) is 16.1 Å². The Balaban J connectivity index is 1.52. The van der Waals surface area contributed by atoms with E-state index in [2.05, 4.69) is 20.8 Å². The second-order valence-electron chi connectivity index (χ2n) is 5.85. The molecular weight excluding hydrogens is 388 g/mol. The van der Waals surface area contributed by atoms with Gasteiger partial charge in [-0.1, -0.05) is 28.9 Å². The van der Waals surface area contributed by atoms with Crippen molar-refractivity contribution in [2.75, 3.05) is 11.9 Å². The maximum absolute atomic E-state index is 12.1. The van der Waals surface area contributed by atoms with Crippen LogP contribution >= 0.6 is 22.9 Å². The highest BCUT2D eigenvalue weighted by Crippen LogP contribution is 2.32. The fourth-order valence-electron chi connectivity index (χ4n) is 2.34. The number of carbonyl (C=O) groups excluding carboxylic acids is 2. The molecule has 0 bridgehead atoms. The van der Waals surface area contributed by atoms with Crippen LogP contribution < -0.4 is 10.6 Å². The number of anilines is 1. The molecule has 2 N–H and O–H groups in total. The van der Waals surface area contributed by atoms with Crippen molar-refractivity contribution >= 4 is 40.4 Å². The zero-order valence-electron chi connectivity index (χ0n) is 14.7. The Morgan fingerprint density at radius 1 is 1.19 bits per heavy atom. The molecule has 0 aliphatic heterocycles. The fourth-order valence-corrected chi connectivity index (χ4v) is 3.37. The second-order valence-corrected chi connectivity index (χ2v) is 7.54. The molecule has 2 heterocycles. The van der Waals surface area contributed by atoms with Gasteiger partial charge in [-0.15, -0.1) is 11.3 Å². The van der Waals surface area contributed by atoms with Gasteiger partial charge in [0.15, 0.2) is 0 Å². The quantitative estimate of drug-likeness (QED) is 0.656. The number of hydrogen-bond acceptors (Lipinski definition) is 6. The lowest BCUT2D eigenvalue weighted by Crippen LogP contribution is -2.33. The van der Waals surface area contributed by atoms with E-state index >= 15 is 0 Å². The van der Waals surface area contributed by atoms with Crippen LogP contribution in [0.15, 0.2) is 34.9 Å². The van der Waals surface area contributed by atoms with Crippen LogP contribution in [-0.2, 0) is 16.0 Å². The highest BCUT2D eigenvalue weighted by molar-refractivity contribution is 7.16. The van der Waals surface area contributed by atoms with Crippen LogP contribution in [0, 0.1) is 13.8 Å². The summed E-state index contributed by atoms with van der Waals surface area (Å²) < 4.78 is 4.97. The van der Waals surface area contributed by atoms with Crippen LogP contribution in [0.25, 0.3) is 10.7 Å². The molecule has 0 aliphatic carbocycles. The number of nitrogens with zero attached hydrogens (tertiary/aromatic N) is 2. The normalized spacial score (nSPS) is 10.6. The van der Waals surface area contributed by atoms with Gasteiger partial charge >= 0.3 is 0 Å². The van der Waals surface area contributed by atoms with E-state index in [0.717, 1.165) is 15.3 Å². The minimum absolute atomic E-state index is 0.113. The Morgan fingerprint density at radius 2 is 1.93 bits per heavy atom. The highest BCUT2D eigenvalue weighted by Gasteiger charge is 2.14. The maximum Gasteiger partial charge on any atom is 0.243 e. The fraction of sp³-hybridized carbons (Fsp3) is 0.222. The summed E-state index contributed by atoms with van der Waals surface area (Å²) >= 11 is 7.27. The van der Waals surface area contributed by atoms with Crippen LogP contribution in [0.1, 0.15) is 16.3 Å². The van der Waals surface area contributed by atoms with Crippen molar-refractivity contribution in [1.29, 1.82) is 0 Å². The van der Waals surface area contributed by atoms with E-state index in [1.807, 2.05) is 6.92 Å². The van der Waals surface area contributed by atoms with Crippen molar-refractivity contribution < 1.29 is 14.1 Å². The number of nitrogens with one attached hydrogen (secondary N) is 2. The number of aromatic nitrogens is 2. The van der Waals surface area contributed by atoms with Gasteiger partial charge in [0.25, 0.3) is 0 Å². The van der Waals surface area contributed by atoms with Crippen molar-refractivity contribution in [3.8, 4) is 10.7 Å². The summed E-state index contributed by atoms with van der Waals surface area (Å²) in [5.74, 6) is 0.413. The SMILES string of the molecule is Cc1nc(-c2cc(NC(=O)CNC(=O)Cc3ccc(Cl)cc3)c(C)s2)no1. The molecule has 1 aromatic carbocycles. The molecule has 3 rings (SSSR count). The van der Waals surface area contributed by atoms with Gasteiger partial charge in [-0.05, 0) is 30.7 Å². The Bertz CT molecular complexity index is 965. The van der Waals surface area contributed by atoms with E-state index in [1.165, 1.54) is 11.3 Å². The molecule has 0 aliphatic rings. The molecule has 7 nitrogen and oxygen atoms in total. The van der Waals surface area contributed by atoms with E-state index in [9.17, 15) is 9.59 Å². The molecule has 0 atom stereocenters. The predicted octanol–water partition coefficient (Wildman–Crippen LogP) is 3.37. The zero-order chi connectivity index (χ0) is 19.4. The lowest BCUT2D eigenvalue weighted by molar-refractivity contribution is -0.123. The molecule has 9 heteroatoms. The summed E-state index contributed by atoms with van der Waals surface area (Å²) in [7, 11) is 0. The van der Waals surface area contributed by atoms with Crippen LogP contribution in [0.2, 0.25) is 5.02 Å². The first-order valence-corrected chi connectivity index (χ1v) is 9.32. The number of carbonyl (C=O) groups is 2. The van der Waals surface area contributed by atoms with Crippen molar-refractivity contribution in [3.63, 3.8) is 0 Å². The van der Waals surface area contributed by atoms with Crippen molar-refractivity contribution in [2.45, 2.75) is 20.3 Å². The van der Waals surface area contributed by atoms with Crippen LogP contribution in [0.5, 0.6) is 0 Å². The van der Waals surface area contributed by atoms with Crippen molar-refractivity contribution in [2.24, 2.45) is 0 Å². The molecule has 0 saturated heterocycles. The van der Waals surface area contributed by atoms with Crippen LogP contribution in [-0.4, -0.2) is 28.5 Å². The number of rotatable bonds is 6. The third-order valence-electron chi connectivity index (χ3n) is 3.66. The first kappa shape index (κ1) is 19.1. The average Bonchev–Trinajstić information content (AvgIpc) is 3.21. The second kappa shape index (κ2) is 8.32. The van der Waals surface area contributed by atoms with Gasteiger partial charge in [-0.3, -0.25) is 9.59 Å². The number of hydrogen-bond donors (Lipinski definition) is 2. The minimum atomic E-state index is -0.309. The highest BCUT2D eigenvalue weighted by atomic mass is 35.5. The first-order valence-electron chi connectivity index (χ1n) is 8.13. The standard InChI is InChI=1S/C18H17ClN4O3S/c1-10-14(8-15(27-10)18-21-11(2)26-23-18)22-17(25)9-20-16(24)7-12-3-5-13(19)6-4-12/h3-6,8H,7,9H2,1-2H3,(H,20,24)(H,22,25). The third-order valence-corrected chi connectivity index (χ3v) is 4.96. The summed E-state index contributed by atoms with van der Waals surface area (Å²) in [5, 5.41) is 9.88. The third kappa shape index (κ3) is 5.15. The number of aryl methyl sites for hydroxylation is 2. The van der Waals surface area contributed by atoms with E-state index in [-0.39, 0.29) is 24.8 Å². The minimum Gasteiger partial charge on any atom is -0.347 e. The number of benzene rings is 1. The van der Waals surface area contributed by atoms with Gasteiger partial charge in [0.1, 0.15) is 0 Å². The molecule has 140 valence electrons. The monoisotopic (exact) mass is 404 g/mol. The molecule has 0 unspecified atom stereocenters. The Kier molecular flexibility index (Phi) is 5.88. The largest absolute Gasteiger partial charge is 0.347 e. The van der Waals surface area contributed by atoms with Gasteiger partial charge in [0, 0.05) is 16.8 Å². The number of amides is 2. The van der Waals surface area contributed by atoms with Crippen molar-refractivity contribution in [3.05, 3.63) is 51.7 Å². The summed E-state index contributed by atoms with van der Waals surface area (Å²) in [6, 6.07) is 8.78. The number of halogens is 1. The summed E-state index contributed by atoms with van der Waals surface area (Å²) in [6.45, 7) is 3.49. The van der Waals surface area contributed by atoms with Gasteiger partial charge in [-0.25, -0.2) is 0 Å². The van der Waals surface area contributed by atoms with Gasteiger partial charge < -0.3 is 15.2 Å². The first-order chi connectivity index (χ1) is 12.9. The lowest BCUT2D eigenvalue weighted by atomic mass is 10.1. The molecular formula is C18H17ClN4O3S. The van der Waals surface area contributed by atoms with Crippen LogP contribution in [0.3, 0.4) is 0 Å². The van der Waals surface area contributed by atoms with E-state index in [0.29, 0.717) is 22.4 Å². The molecule has 27 heavy (non-hydrogen) atoms. The average molecular weight is 405 g/mol. The maximum atomic E-state index is 12.1.